The molecule has 6 heteroatoms. The van der Waals surface area contributed by atoms with E-state index < -0.39 is 24.1 Å². The maximum atomic E-state index is 12.8. The van der Waals surface area contributed by atoms with Gasteiger partial charge in [-0.05, 0) is 32.1 Å². The quantitative estimate of drug-likeness (QED) is 0.852. The number of piperidine rings is 1. The minimum atomic E-state index is -4.19. The first-order chi connectivity index (χ1) is 9.82. The number of nitrogens with zero attached hydrogens (tertiary/aromatic N) is 1. The van der Waals surface area contributed by atoms with Gasteiger partial charge >= 0.3 is 6.18 Å². The van der Waals surface area contributed by atoms with Gasteiger partial charge in [0.25, 0.3) is 0 Å². The lowest BCUT2D eigenvalue weighted by Crippen LogP contribution is -2.48. The summed E-state index contributed by atoms with van der Waals surface area (Å²) in [4.78, 5) is 14.1. The number of amides is 1. The minimum absolute atomic E-state index is 0.0460. The number of likely N-dealkylation sites (tertiary alicyclic amines) is 1. The number of hydrogen-bond acceptors (Lipinski definition) is 2. The fourth-order valence-corrected chi connectivity index (χ4v) is 3.59. The third-order valence-corrected chi connectivity index (χ3v) is 5.02. The Balaban J connectivity index is 1.96. The van der Waals surface area contributed by atoms with Crippen LogP contribution in [0.1, 0.15) is 45.4 Å². The Bertz CT molecular complexity index is 372. The van der Waals surface area contributed by atoms with Crippen LogP contribution >= 0.6 is 0 Å². The second kappa shape index (κ2) is 6.55. The van der Waals surface area contributed by atoms with E-state index in [0.717, 1.165) is 6.42 Å². The molecule has 1 amide bonds. The lowest BCUT2D eigenvalue weighted by molar-refractivity contribution is -0.187. The monoisotopic (exact) mass is 307 g/mol. The molecule has 0 spiro atoms. The summed E-state index contributed by atoms with van der Waals surface area (Å²) in [5, 5.41) is 9.84. The van der Waals surface area contributed by atoms with E-state index in [9.17, 15) is 23.1 Å². The Morgan fingerprint density at radius 2 is 2.00 bits per heavy atom. The van der Waals surface area contributed by atoms with Crippen molar-refractivity contribution in [2.24, 2.45) is 17.8 Å². The summed E-state index contributed by atoms with van der Waals surface area (Å²) in [6.07, 6.45) is -2.19. The second-order valence-electron chi connectivity index (χ2n) is 6.41. The molecule has 1 heterocycles. The Hall–Kier alpha value is -0.780. The van der Waals surface area contributed by atoms with Crippen molar-refractivity contribution in [3.05, 3.63) is 0 Å². The van der Waals surface area contributed by atoms with Gasteiger partial charge in [0, 0.05) is 24.9 Å². The van der Waals surface area contributed by atoms with Gasteiger partial charge in [-0.25, -0.2) is 0 Å². The summed E-state index contributed by atoms with van der Waals surface area (Å²) in [5.74, 6) is -1.94. The molecule has 2 aliphatic rings. The van der Waals surface area contributed by atoms with Crippen molar-refractivity contribution in [3.63, 3.8) is 0 Å². The zero-order valence-corrected chi connectivity index (χ0v) is 12.4. The van der Waals surface area contributed by atoms with Crippen molar-refractivity contribution in [1.29, 1.82) is 0 Å². The molecule has 4 atom stereocenters. The van der Waals surface area contributed by atoms with Gasteiger partial charge in [0.1, 0.15) is 0 Å². The van der Waals surface area contributed by atoms with E-state index in [1.165, 1.54) is 0 Å². The Labute approximate surface area is 123 Å². The maximum absolute atomic E-state index is 12.8. The van der Waals surface area contributed by atoms with Crippen LogP contribution in [0.15, 0.2) is 0 Å². The summed E-state index contributed by atoms with van der Waals surface area (Å²) < 4.78 is 38.5. The van der Waals surface area contributed by atoms with Gasteiger partial charge in [-0.2, -0.15) is 13.2 Å². The molecule has 1 aliphatic carbocycles. The molecule has 1 aliphatic heterocycles. The molecule has 2 fully saturated rings. The molecular formula is C15H24F3NO2. The van der Waals surface area contributed by atoms with E-state index in [2.05, 4.69) is 0 Å². The molecule has 1 N–H and O–H groups in total. The van der Waals surface area contributed by atoms with E-state index in [-0.39, 0.29) is 24.7 Å². The lowest BCUT2D eigenvalue weighted by atomic mass is 9.80. The molecule has 1 saturated heterocycles. The third kappa shape index (κ3) is 3.90. The van der Waals surface area contributed by atoms with Gasteiger partial charge in [0.05, 0.1) is 12.0 Å². The van der Waals surface area contributed by atoms with Crippen LogP contribution in [0.5, 0.6) is 0 Å². The van der Waals surface area contributed by atoms with Crippen LogP contribution in [0.2, 0.25) is 0 Å². The van der Waals surface area contributed by atoms with E-state index in [1.54, 1.807) is 4.90 Å². The highest BCUT2D eigenvalue weighted by molar-refractivity contribution is 5.79. The highest BCUT2D eigenvalue weighted by Crippen LogP contribution is 2.40. The normalized spacial score (nSPS) is 34.8. The number of rotatable bonds is 2. The zero-order valence-electron chi connectivity index (χ0n) is 12.4. The van der Waals surface area contributed by atoms with Crippen LogP contribution in [0, 0.1) is 17.8 Å². The second-order valence-corrected chi connectivity index (χ2v) is 6.41. The van der Waals surface area contributed by atoms with Gasteiger partial charge in [-0.3, -0.25) is 4.79 Å². The molecular weight excluding hydrogens is 283 g/mol. The standard InChI is InChI=1S/C15H24F3NO2/c1-2-10-9-19(7-6-13(10)20)14(21)11-4-3-5-12(8-11)15(16,17)18/h10-13,20H,2-9H2,1H3. The number of carbonyl (C=O) groups is 1. The van der Waals surface area contributed by atoms with Crippen LogP contribution < -0.4 is 0 Å². The number of alkyl halides is 3. The molecule has 2 rings (SSSR count). The predicted molar refractivity (Wildman–Crippen MR) is 72.5 cm³/mol. The number of aliphatic hydroxyl groups is 1. The van der Waals surface area contributed by atoms with Crippen LogP contribution in [0.4, 0.5) is 13.2 Å². The van der Waals surface area contributed by atoms with Crippen molar-refractivity contribution in [2.45, 2.75) is 57.7 Å². The minimum Gasteiger partial charge on any atom is -0.393 e. The summed E-state index contributed by atoms with van der Waals surface area (Å²) in [6, 6.07) is 0. The number of aliphatic hydroxyl groups excluding tert-OH is 1. The predicted octanol–water partition coefficient (Wildman–Crippen LogP) is 2.97. The van der Waals surface area contributed by atoms with Crippen molar-refractivity contribution in [2.75, 3.05) is 13.1 Å². The van der Waals surface area contributed by atoms with E-state index in [0.29, 0.717) is 32.4 Å². The average Bonchev–Trinajstić information content (AvgIpc) is 2.46. The Morgan fingerprint density at radius 1 is 1.29 bits per heavy atom. The molecule has 0 aromatic rings. The van der Waals surface area contributed by atoms with Crippen molar-refractivity contribution < 1.29 is 23.1 Å². The molecule has 0 aromatic carbocycles. The fraction of sp³-hybridized carbons (Fsp3) is 0.933. The van der Waals surface area contributed by atoms with Crippen LogP contribution in [-0.2, 0) is 4.79 Å². The molecule has 21 heavy (non-hydrogen) atoms. The lowest BCUT2D eigenvalue weighted by Gasteiger charge is -2.39. The van der Waals surface area contributed by atoms with Crippen molar-refractivity contribution >= 4 is 5.91 Å². The van der Waals surface area contributed by atoms with Gasteiger partial charge in [-0.1, -0.05) is 13.3 Å². The van der Waals surface area contributed by atoms with Gasteiger partial charge < -0.3 is 10.0 Å². The molecule has 0 aromatic heterocycles. The highest BCUT2D eigenvalue weighted by Gasteiger charge is 2.44. The average molecular weight is 307 g/mol. The van der Waals surface area contributed by atoms with Crippen molar-refractivity contribution in [3.8, 4) is 0 Å². The first-order valence-corrected chi connectivity index (χ1v) is 7.86. The van der Waals surface area contributed by atoms with Crippen LogP contribution in [0.25, 0.3) is 0 Å². The zero-order chi connectivity index (χ0) is 15.6. The number of carbonyl (C=O) groups excluding carboxylic acids is 1. The van der Waals surface area contributed by atoms with E-state index >= 15 is 0 Å². The number of halogens is 3. The van der Waals surface area contributed by atoms with E-state index in [4.69, 9.17) is 0 Å². The molecule has 3 nitrogen and oxygen atoms in total. The smallest absolute Gasteiger partial charge is 0.391 e. The van der Waals surface area contributed by atoms with Gasteiger partial charge in [0.15, 0.2) is 0 Å². The van der Waals surface area contributed by atoms with Gasteiger partial charge in [0.2, 0.25) is 5.91 Å². The third-order valence-electron chi connectivity index (χ3n) is 5.02. The molecule has 4 unspecified atom stereocenters. The number of hydrogen-bond donors (Lipinski definition) is 1. The SMILES string of the molecule is CCC1CN(C(=O)C2CCCC(C(F)(F)F)C2)CCC1O. The summed E-state index contributed by atoms with van der Waals surface area (Å²) in [7, 11) is 0. The first kappa shape index (κ1) is 16.6. The fourth-order valence-electron chi connectivity index (χ4n) is 3.59. The van der Waals surface area contributed by atoms with Gasteiger partial charge in [-0.15, -0.1) is 0 Å². The molecule has 0 bridgehead atoms. The summed E-state index contributed by atoms with van der Waals surface area (Å²) in [6.45, 7) is 2.90. The van der Waals surface area contributed by atoms with Crippen LogP contribution in [-0.4, -0.2) is 41.3 Å². The molecule has 1 saturated carbocycles. The van der Waals surface area contributed by atoms with E-state index in [1.807, 2.05) is 6.92 Å². The summed E-state index contributed by atoms with van der Waals surface area (Å²) in [5.41, 5.74) is 0. The topological polar surface area (TPSA) is 40.5 Å². The highest BCUT2D eigenvalue weighted by atomic mass is 19.4. The summed E-state index contributed by atoms with van der Waals surface area (Å²) >= 11 is 0. The maximum Gasteiger partial charge on any atom is 0.391 e. The Kier molecular flexibility index (Phi) is 5.17. The Morgan fingerprint density at radius 3 is 2.62 bits per heavy atom. The largest absolute Gasteiger partial charge is 0.393 e. The van der Waals surface area contributed by atoms with Crippen LogP contribution in [0.3, 0.4) is 0 Å². The molecule has 0 radical (unpaired) electrons. The first-order valence-electron chi connectivity index (χ1n) is 7.86. The van der Waals surface area contributed by atoms with Crippen molar-refractivity contribution in [1.82, 2.24) is 4.90 Å². The molecule has 122 valence electrons.